The van der Waals surface area contributed by atoms with Gasteiger partial charge in [-0.05, 0) is 29.8 Å². The molecule has 2 heterocycles. The second-order valence-electron chi connectivity index (χ2n) is 7.66. The smallest absolute Gasteiger partial charge is 0.257 e. The average Bonchev–Trinajstić information content (AvgIpc) is 3.27. The normalized spacial score (nSPS) is 13.6. The summed E-state index contributed by atoms with van der Waals surface area (Å²) in [5.41, 5.74) is 3.48. The zero-order chi connectivity index (χ0) is 22.3. The molecule has 7 nitrogen and oxygen atoms in total. The molecule has 1 N–H and O–H groups in total. The molecule has 2 amide bonds. The lowest BCUT2D eigenvalue weighted by Crippen LogP contribution is -2.36. The van der Waals surface area contributed by atoms with Gasteiger partial charge in [0, 0.05) is 43.3 Å². The van der Waals surface area contributed by atoms with Crippen LogP contribution in [0.25, 0.3) is 0 Å². The minimum Gasteiger partial charge on any atom is -0.378 e. The van der Waals surface area contributed by atoms with E-state index in [2.05, 4.69) is 39.5 Å². The lowest BCUT2D eigenvalue weighted by Gasteiger charge is -2.29. The second-order valence-corrected chi connectivity index (χ2v) is 8.51. The molecule has 0 unspecified atom stereocenters. The summed E-state index contributed by atoms with van der Waals surface area (Å²) < 4.78 is 5.40. The van der Waals surface area contributed by atoms with Crippen LogP contribution in [0.15, 0.2) is 60.0 Å². The zero-order valence-corrected chi connectivity index (χ0v) is 18.8. The predicted octanol–water partition coefficient (Wildman–Crippen LogP) is 3.43. The molecular weight excluding hydrogens is 424 g/mol. The molecule has 166 valence electrons. The van der Waals surface area contributed by atoms with E-state index in [0.717, 1.165) is 31.9 Å². The van der Waals surface area contributed by atoms with Gasteiger partial charge in [-0.3, -0.25) is 14.9 Å². The monoisotopic (exact) mass is 450 g/mol. The summed E-state index contributed by atoms with van der Waals surface area (Å²) >= 11 is 1.32. The van der Waals surface area contributed by atoms with Gasteiger partial charge in [0.15, 0.2) is 5.13 Å². The molecule has 4 rings (SSSR count). The van der Waals surface area contributed by atoms with Gasteiger partial charge < -0.3 is 14.5 Å². The maximum absolute atomic E-state index is 12.7. The summed E-state index contributed by atoms with van der Waals surface area (Å²) in [6.07, 6.45) is 0.195. The van der Waals surface area contributed by atoms with E-state index >= 15 is 0 Å². The number of carbonyl (C=O) groups excluding carboxylic acids is 2. The number of nitrogens with one attached hydrogen (secondary N) is 1. The summed E-state index contributed by atoms with van der Waals surface area (Å²) in [6, 6.07) is 17.3. The van der Waals surface area contributed by atoms with Crippen LogP contribution in [0.4, 0.5) is 10.8 Å². The van der Waals surface area contributed by atoms with Crippen LogP contribution in [0.2, 0.25) is 0 Å². The molecule has 1 aliphatic heterocycles. The topological polar surface area (TPSA) is 74.8 Å². The van der Waals surface area contributed by atoms with Crippen LogP contribution in [-0.4, -0.2) is 55.0 Å². The van der Waals surface area contributed by atoms with E-state index in [1.165, 1.54) is 17.0 Å². The highest BCUT2D eigenvalue weighted by Gasteiger charge is 2.15. The van der Waals surface area contributed by atoms with Crippen LogP contribution in [0.1, 0.15) is 21.6 Å². The molecule has 0 spiro atoms. The van der Waals surface area contributed by atoms with Gasteiger partial charge in [0.1, 0.15) is 0 Å². The number of aromatic nitrogens is 1. The van der Waals surface area contributed by atoms with Gasteiger partial charge in [0.25, 0.3) is 5.91 Å². The van der Waals surface area contributed by atoms with Crippen LogP contribution in [-0.2, 0) is 22.5 Å². The third kappa shape index (κ3) is 5.72. The lowest BCUT2D eigenvalue weighted by molar-refractivity contribution is -0.129. The van der Waals surface area contributed by atoms with Crippen molar-refractivity contribution in [2.45, 2.75) is 13.0 Å². The molecule has 1 saturated heterocycles. The Kier molecular flexibility index (Phi) is 7.14. The third-order valence-corrected chi connectivity index (χ3v) is 6.11. The number of hydrogen-bond acceptors (Lipinski definition) is 6. The first kappa shape index (κ1) is 22.0. The number of amides is 2. The van der Waals surface area contributed by atoms with Crippen LogP contribution in [0.3, 0.4) is 0 Å². The number of anilines is 2. The lowest BCUT2D eigenvalue weighted by atomic mass is 10.1. The molecule has 0 bridgehead atoms. The Morgan fingerprint density at radius 3 is 2.53 bits per heavy atom. The highest BCUT2D eigenvalue weighted by Crippen LogP contribution is 2.19. The molecular formula is C24H26N4O3S. The minimum atomic E-state index is -0.213. The second kappa shape index (κ2) is 10.4. The molecule has 32 heavy (non-hydrogen) atoms. The molecule has 2 aromatic carbocycles. The van der Waals surface area contributed by atoms with Crippen molar-refractivity contribution in [1.82, 2.24) is 9.88 Å². The fourth-order valence-electron chi connectivity index (χ4n) is 3.49. The van der Waals surface area contributed by atoms with Crippen molar-refractivity contribution in [3.05, 3.63) is 76.8 Å². The van der Waals surface area contributed by atoms with Crippen LogP contribution in [0, 0.1) is 0 Å². The fraction of sp³-hybridized carbons (Fsp3) is 0.292. The first-order chi connectivity index (χ1) is 15.6. The number of ether oxygens (including phenoxy) is 1. The van der Waals surface area contributed by atoms with E-state index in [1.807, 2.05) is 23.6 Å². The fourth-order valence-corrected chi connectivity index (χ4v) is 4.20. The summed E-state index contributed by atoms with van der Waals surface area (Å²) in [4.78, 5) is 33.3. The Bertz CT molecular complexity index is 1050. The van der Waals surface area contributed by atoms with Crippen molar-refractivity contribution in [3.63, 3.8) is 0 Å². The number of nitrogens with zero attached hydrogens (tertiary/aromatic N) is 3. The summed E-state index contributed by atoms with van der Waals surface area (Å²) in [5, 5.41) is 5.08. The molecule has 1 aromatic heterocycles. The number of likely N-dealkylation sites (N-methyl/N-ethyl adjacent to an activating group) is 1. The first-order valence-corrected chi connectivity index (χ1v) is 11.4. The molecule has 1 fully saturated rings. The number of hydrogen-bond donors (Lipinski definition) is 1. The number of benzene rings is 2. The number of thiazole rings is 1. The summed E-state index contributed by atoms with van der Waals surface area (Å²) in [7, 11) is 1.79. The average molecular weight is 451 g/mol. The largest absolute Gasteiger partial charge is 0.378 e. The Hall–Kier alpha value is -3.23. The van der Waals surface area contributed by atoms with E-state index < -0.39 is 0 Å². The van der Waals surface area contributed by atoms with Crippen molar-refractivity contribution in [2.24, 2.45) is 0 Å². The van der Waals surface area contributed by atoms with Crippen LogP contribution in [0.5, 0.6) is 0 Å². The standard InChI is InChI=1S/C24H26N4O3S/c1-27(16-18-7-9-21(10-8-18)28-11-13-31-14-12-28)22(29)15-20-17-32-24(25-20)26-23(30)19-5-3-2-4-6-19/h2-10,17H,11-16H2,1H3,(H,25,26,30). The zero-order valence-electron chi connectivity index (χ0n) is 18.0. The predicted molar refractivity (Wildman–Crippen MR) is 126 cm³/mol. The molecule has 0 atom stereocenters. The van der Waals surface area contributed by atoms with Gasteiger partial charge in [-0.1, -0.05) is 30.3 Å². The van der Waals surface area contributed by atoms with Crippen molar-refractivity contribution in [2.75, 3.05) is 43.6 Å². The molecule has 8 heteroatoms. The van der Waals surface area contributed by atoms with Gasteiger partial charge in [-0.2, -0.15) is 0 Å². The minimum absolute atomic E-state index is 0.0199. The summed E-state index contributed by atoms with van der Waals surface area (Å²) in [5.74, 6) is -0.232. The van der Waals surface area contributed by atoms with E-state index in [4.69, 9.17) is 4.74 Å². The maximum atomic E-state index is 12.7. The van der Waals surface area contributed by atoms with E-state index in [1.54, 1.807) is 24.1 Å². The van der Waals surface area contributed by atoms with Crippen molar-refractivity contribution >= 4 is 34.0 Å². The molecule has 0 radical (unpaired) electrons. The van der Waals surface area contributed by atoms with Gasteiger partial charge in [0.2, 0.25) is 5.91 Å². The van der Waals surface area contributed by atoms with Crippen molar-refractivity contribution in [3.8, 4) is 0 Å². The Balaban J connectivity index is 1.28. The molecule has 0 aliphatic carbocycles. The van der Waals surface area contributed by atoms with Crippen LogP contribution < -0.4 is 10.2 Å². The van der Waals surface area contributed by atoms with E-state index in [9.17, 15) is 9.59 Å². The highest BCUT2D eigenvalue weighted by molar-refractivity contribution is 7.14. The Morgan fingerprint density at radius 2 is 1.81 bits per heavy atom. The van der Waals surface area contributed by atoms with Crippen molar-refractivity contribution < 1.29 is 14.3 Å². The molecule has 1 aliphatic rings. The highest BCUT2D eigenvalue weighted by atomic mass is 32.1. The van der Waals surface area contributed by atoms with E-state index in [0.29, 0.717) is 22.9 Å². The van der Waals surface area contributed by atoms with Gasteiger partial charge in [-0.25, -0.2) is 4.98 Å². The maximum Gasteiger partial charge on any atom is 0.257 e. The SMILES string of the molecule is CN(Cc1ccc(N2CCOCC2)cc1)C(=O)Cc1csc(NC(=O)c2ccccc2)n1. The van der Waals surface area contributed by atoms with E-state index in [-0.39, 0.29) is 18.2 Å². The Morgan fingerprint density at radius 1 is 1.09 bits per heavy atom. The quantitative estimate of drug-likeness (QED) is 0.597. The van der Waals surface area contributed by atoms with Gasteiger partial charge in [0.05, 0.1) is 25.3 Å². The van der Waals surface area contributed by atoms with Crippen molar-refractivity contribution in [1.29, 1.82) is 0 Å². The first-order valence-electron chi connectivity index (χ1n) is 10.5. The third-order valence-electron chi connectivity index (χ3n) is 5.30. The number of rotatable bonds is 7. The molecule has 3 aromatic rings. The molecule has 0 saturated carbocycles. The number of carbonyl (C=O) groups is 2. The Labute approximate surface area is 191 Å². The van der Waals surface area contributed by atoms with Gasteiger partial charge in [-0.15, -0.1) is 11.3 Å². The summed E-state index contributed by atoms with van der Waals surface area (Å²) in [6.45, 7) is 3.85. The van der Waals surface area contributed by atoms with Gasteiger partial charge >= 0.3 is 0 Å². The number of morpholine rings is 1. The van der Waals surface area contributed by atoms with Crippen LogP contribution >= 0.6 is 11.3 Å².